The maximum absolute atomic E-state index is 12.5. The average molecular weight is 410 g/mol. The molecule has 1 aromatic heterocycles. The first kappa shape index (κ1) is 20.7. The van der Waals surface area contributed by atoms with Gasteiger partial charge < -0.3 is 10.1 Å². The zero-order valence-electron chi connectivity index (χ0n) is 16.8. The van der Waals surface area contributed by atoms with Gasteiger partial charge in [0.05, 0.1) is 5.69 Å². The van der Waals surface area contributed by atoms with Crippen LogP contribution in [0.2, 0.25) is 0 Å². The number of nitrogens with zero attached hydrogens (tertiary/aromatic N) is 2. The van der Waals surface area contributed by atoms with E-state index in [2.05, 4.69) is 10.4 Å². The quantitative estimate of drug-likeness (QED) is 0.624. The molecule has 0 spiro atoms. The third-order valence-electron chi connectivity index (χ3n) is 4.51. The second-order valence-corrected chi connectivity index (χ2v) is 7.55. The maximum atomic E-state index is 12.5. The van der Waals surface area contributed by atoms with Crippen molar-refractivity contribution in [2.24, 2.45) is 0 Å². The lowest BCUT2D eigenvalue weighted by molar-refractivity contribution is -0.122. The lowest BCUT2D eigenvalue weighted by Crippen LogP contribution is -2.31. The molecule has 0 radical (unpaired) electrons. The Kier molecular flexibility index (Phi) is 6.39. The Balaban J connectivity index is 1.76. The summed E-state index contributed by atoms with van der Waals surface area (Å²) in [5, 5.41) is 7.10. The molecule has 0 aliphatic carbocycles. The van der Waals surface area contributed by atoms with E-state index in [1.807, 2.05) is 62.6 Å². The van der Waals surface area contributed by atoms with E-state index in [0.29, 0.717) is 11.4 Å². The average Bonchev–Trinajstić information content (AvgIpc) is 2.71. The minimum absolute atomic E-state index is 0.198. The molecule has 3 aromatic rings. The summed E-state index contributed by atoms with van der Waals surface area (Å²) in [6.45, 7) is 5.62. The predicted molar refractivity (Wildman–Crippen MR) is 116 cm³/mol. The molecular formula is C22H23N3O3S. The number of thioether (sulfide) groups is 1. The van der Waals surface area contributed by atoms with Gasteiger partial charge in [0.25, 0.3) is 11.5 Å². The van der Waals surface area contributed by atoms with Crippen molar-refractivity contribution in [3.05, 3.63) is 76.1 Å². The molecule has 29 heavy (non-hydrogen) atoms. The van der Waals surface area contributed by atoms with E-state index in [-0.39, 0.29) is 17.3 Å². The highest BCUT2D eigenvalue weighted by Gasteiger charge is 2.16. The van der Waals surface area contributed by atoms with Crippen LogP contribution in [0.5, 0.6) is 5.88 Å². The van der Waals surface area contributed by atoms with Crippen LogP contribution < -0.4 is 15.6 Å². The van der Waals surface area contributed by atoms with Crippen molar-refractivity contribution in [3.63, 3.8) is 0 Å². The topological polar surface area (TPSA) is 73.2 Å². The summed E-state index contributed by atoms with van der Waals surface area (Å²) in [4.78, 5) is 25.8. The number of rotatable bonds is 6. The Labute approximate surface area is 173 Å². The highest BCUT2D eigenvalue weighted by Crippen LogP contribution is 2.19. The van der Waals surface area contributed by atoms with Gasteiger partial charge in [0.2, 0.25) is 5.88 Å². The van der Waals surface area contributed by atoms with Gasteiger partial charge >= 0.3 is 0 Å². The van der Waals surface area contributed by atoms with Crippen molar-refractivity contribution in [1.82, 2.24) is 9.78 Å². The van der Waals surface area contributed by atoms with Crippen LogP contribution in [0.3, 0.4) is 0 Å². The van der Waals surface area contributed by atoms with Crippen molar-refractivity contribution in [3.8, 4) is 11.6 Å². The van der Waals surface area contributed by atoms with Crippen LogP contribution in [-0.2, 0) is 4.79 Å². The molecule has 150 valence electrons. The standard InChI is InChI=1S/C22H23N3O3S/c1-14-8-9-18(12-15(14)2)25-21(26)11-10-20(24-25)28-16(3)22(27)23-17-6-5-7-19(13-17)29-4/h5-13,16H,1-4H3,(H,23,27)/t16-/m1/s1. The molecule has 3 rings (SSSR count). The number of hydrogen-bond acceptors (Lipinski definition) is 5. The van der Waals surface area contributed by atoms with Crippen molar-refractivity contribution < 1.29 is 9.53 Å². The third kappa shape index (κ3) is 5.06. The fourth-order valence-electron chi connectivity index (χ4n) is 2.68. The first-order valence-electron chi connectivity index (χ1n) is 9.17. The summed E-state index contributed by atoms with van der Waals surface area (Å²) < 4.78 is 6.96. The van der Waals surface area contributed by atoms with Crippen LogP contribution in [-0.4, -0.2) is 28.0 Å². The lowest BCUT2D eigenvalue weighted by Gasteiger charge is -2.15. The Morgan fingerprint density at radius 3 is 2.62 bits per heavy atom. The molecule has 0 fully saturated rings. The summed E-state index contributed by atoms with van der Waals surface area (Å²) in [7, 11) is 0. The number of amides is 1. The monoisotopic (exact) mass is 409 g/mol. The van der Waals surface area contributed by atoms with E-state index in [1.54, 1.807) is 18.7 Å². The van der Waals surface area contributed by atoms with Gasteiger partial charge in [-0.25, -0.2) is 0 Å². The second-order valence-electron chi connectivity index (χ2n) is 6.67. The maximum Gasteiger partial charge on any atom is 0.271 e. The summed E-state index contributed by atoms with van der Waals surface area (Å²) in [6, 6.07) is 16.1. The zero-order chi connectivity index (χ0) is 21.0. The highest BCUT2D eigenvalue weighted by atomic mass is 32.2. The second kappa shape index (κ2) is 8.96. The molecule has 0 saturated carbocycles. The van der Waals surface area contributed by atoms with E-state index < -0.39 is 6.10 Å². The first-order chi connectivity index (χ1) is 13.9. The van der Waals surface area contributed by atoms with Gasteiger partial charge in [-0.15, -0.1) is 16.9 Å². The van der Waals surface area contributed by atoms with Gasteiger partial charge in [-0.3, -0.25) is 9.59 Å². The number of aromatic nitrogens is 2. The van der Waals surface area contributed by atoms with Crippen molar-refractivity contribution in [2.75, 3.05) is 11.6 Å². The highest BCUT2D eigenvalue weighted by molar-refractivity contribution is 7.98. The fourth-order valence-corrected chi connectivity index (χ4v) is 3.14. The minimum Gasteiger partial charge on any atom is -0.463 e. The smallest absolute Gasteiger partial charge is 0.271 e. The van der Waals surface area contributed by atoms with Gasteiger partial charge in [0.15, 0.2) is 6.10 Å². The van der Waals surface area contributed by atoms with Crippen LogP contribution in [0.25, 0.3) is 5.69 Å². The summed E-state index contributed by atoms with van der Waals surface area (Å²) in [6.07, 6.45) is 1.19. The van der Waals surface area contributed by atoms with Crippen molar-refractivity contribution in [1.29, 1.82) is 0 Å². The van der Waals surface area contributed by atoms with Crippen molar-refractivity contribution >= 4 is 23.4 Å². The molecule has 2 aromatic carbocycles. The first-order valence-corrected chi connectivity index (χ1v) is 10.4. The molecule has 6 nitrogen and oxygen atoms in total. The lowest BCUT2D eigenvalue weighted by atomic mass is 10.1. The Morgan fingerprint density at radius 2 is 1.90 bits per heavy atom. The molecule has 0 unspecified atom stereocenters. The molecule has 0 aliphatic rings. The molecule has 0 aliphatic heterocycles. The molecule has 1 N–H and O–H groups in total. The van der Waals surface area contributed by atoms with E-state index in [1.165, 1.54) is 16.8 Å². The van der Waals surface area contributed by atoms with Gasteiger partial charge in [-0.1, -0.05) is 12.1 Å². The SMILES string of the molecule is CSc1cccc(NC(=O)[C@@H](C)Oc2ccc(=O)n(-c3ccc(C)c(C)c3)n2)c1. The van der Waals surface area contributed by atoms with Crippen LogP contribution in [0.4, 0.5) is 5.69 Å². The van der Waals surface area contributed by atoms with Crippen LogP contribution in [0.1, 0.15) is 18.1 Å². The number of nitrogens with one attached hydrogen (secondary N) is 1. The molecule has 7 heteroatoms. The molecule has 0 bridgehead atoms. The number of carbonyl (C=O) groups is 1. The molecule has 1 heterocycles. The molecular weight excluding hydrogens is 386 g/mol. The number of ether oxygens (including phenoxy) is 1. The number of benzene rings is 2. The van der Waals surface area contributed by atoms with Crippen LogP contribution >= 0.6 is 11.8 Å². The minimum atomic E-state index is -0.786. The van der Waals surface area contributed by atoms with Gasteiger partial charge in [-0.05, 0) is 68.5 Å². The van der Waals surface area contributed by atoms with E-state index in [9.17, 15) is 9.59 Å². The number of anilines is 1. The number of carbonyl (C=O) groups excluding carboxylic acids is 1. The van der Waals surface area contributed by atoms with Gasteiger partial charge in [0.1, 0.15) is 0 Å². The zero-order valence-corrected chi connectivity index (χ0v) is 17.6. The van der Waals surface area contributed by atoms with Crippen LogP contribution in [0.15, 0.2) is 64.3 Å². The normalized spacial score (nSPS) is 11.7. The molecule has 1 atom stereocenters. The van der Waals surface area contributed by atoms with E-state index >= 15 is 0 Å². The third-order valence-corrected chi connectivity index (χ3v) is 5.24. The predicted octanol–water partition coefficient (Wildman–Crippen LogP) is 3.98. The molecule has 0 saturated heterocycles. The Hall–Kier alpha value is -3.06. The Bertz CT molecular complexity index is 1090. The van der Waals surface area contributed by atoms with Crippen molar-refractivity contribution in [2.45, 2.75) is 31.8 Å². The molecule has 1 amide bonds. The summed E-state index contributed by atoms with van der Waals surface area (Å²) >= 11 is 1.60. The van der Waals surface area contributed by atoms with Gasteiger partial charge in [-0.2, -0.15) is 4.68 Å². The largest absolute Gasteiger partial charge is 0.463 e. The number of aryl methyl sites for hydroxylation is 2. The van der Waals surface area contributed by atoms with Crippen LogP contribution in [0, 0.1) is 13.8 Å². The summed E-state index contributed by atoms with van der Waals surface area (Å²) in [5.41, 5.74) is 3.26. The summed E-state index contributed by atoms with van der Waals surface area (Å²) in [5.74, 6) is -0.0997. The van der Waals surface area contributed by atoms with E-state index in [0.717, 1.165) is 16.0 Å². The van der Waals surface area contributed by atoms with E-state index in [4.69, 9.17) is 4.74 Å². The number of hydrogen-bond donors (Lipinski definition) is 1. The fraction of sp³-hybridized carbons (Fsp3) is 0.227. The van der Waals surface area contributed by atoms with Gasteiger partial charge in [0, 0.05) is 22.7 Å². The Morgan fingerprint density at radius 1 is 1.10 bits per heavy atom.